The standard InChI is InChI=1S/C26H36N2O/c1-6-23-18-22(19-27)10-13-26(23)21(4)14-16-28(5)17-15-24(7-2)29-25-11-8-20(3)9-12-25/h8-13,18,21,24H,6-7,14-17H2,1-5H3. The molecule has 0 bridgehead atoms. The van der Waals surface area contributed by atoms with Crippen LogP contribution in [-0.2, 0) is 6.42 Å². The molecule has 29 heavy (non-hydrogen) atoms. The van der Waals surface area contributed by atoms with E-state index in [1.807, 2.05) is 12.1 Å². The van der Waals surface area contributed by atoms with Gasteiger partial charge in [0.05, 0.1) is 17.7 Å². The van der Waals surface area contributed by atoms with Crippen molar-refractivity contribution in [3.05, 3.63) is 64.7 Å². The van der Waals surface area contributed by atoms with Gasteiger partial charge in [-0.15, -0.1) is 0 Å². The van der Waals surface area contributed by atoms with Gasteiger partial charge in [-0.05, 0) is 87.5 Å². The van der Waals surface area contributed by atoms with E-state index in [1.165, 1.54) is 16.7 Å². The summed E-state index contributed by atoms with van der Waals surface area (Å²) in [6.07, 6.45) is 4.39. The predicted molar refractivity (Wildman–Crippen MR) is 122 cm³/mol. The van der Waals surface area contributed by atoms with Crippen LogP contribution >= 0.6 is 0 Å². The van der Waals surface area contributed by atoms with Gasteiger partial charge in [-0.2, -0.15) is 5.26 Å². The summed E-state index contributed by atoms with van der Waals surface area (Å²) in [4.78, 5) is 2.41. The maximum Gasteiger partial charge on any atom is 0.119 e. The van der Waals surface area contributed by atoms with E-state index in [4.69, 9.17) is 10.00 Å². The van der Waals surface area contributed by atoms with Crippen LogP contribution in [0, 0.1) is 18.3 Å². The molecule has 0 saturated carbocycles. The Bertz CT molecular complexity index is 791. The first-order valence-electron chi connectivity index (χ1n) is 10.9. The van der Waals surface area contributed by atoms with E-state index in [-0.39, 0.29) is 6.10 Å². The maximum atomic E-state index is 9.13. The molecule has 0 saturated heterocycles. The highest BCUT2D eigenvalue weighted by molar-refractivity contribution is 5.39. The number of nitriles is 1. The zero-order valence-electron chi connectivity index (χ0n) is 18.7. The molecule has 2 aromatic rings. The summed E-state index contributed by atoms with van der Waals surface area (Å²) in [5.41, 5.74) is 4.70. The molecule has 0 aliphatic carbocycles. The Morgan fingerprint density at radius 3 is 2.34 bits per heavy atom. The summed E-state index contributed by atoms with van der Waals surface area (Å²) in [6, 6.07) is 16.7. The van der Waals surface area contributed by atoms with Crippen molar-refractivity contribution < 1.29 is 4.74 Å². The van der Waals surface area contributed by atoms with E-state index in [2.05, 4.69) is 76.0 Å². The van der Waals surface area contributed by atoms with Crippen molar-refractivity contribution in [3.8, 4) is 11.8 Å². The third kappa shape index (κ3) is 7.22. The summed E-state index contributed by atoms with van der Waals surface area (Å²) in [5.74, 6) is 1.46. The second kappa shape index (κ2) is 11.6. The molecule has 0 heterocycles. The average molecular weight is 393 g/mol. The first-order chi connectivity index (χ1) is 14.0. The summed E-state index contributed by atoms with van der Waals surface area (Å²) in [5, 5.41) is 9.13. The molecular weight excluding hydrogens is 356 g/mol. The van der Waals surface area contributed by atoms with Gasteiger partial charge < -0.3 is 9.64 Å². The van der Waals surface area contributed by atoms with Crippen LogP contribution in [0.5, 0.6) is 5.75 Å². The van der Waals surface area contributed by atoms with Gasteiger partial charge in [-0.3, -0.25) is 0 Å². The molecular formula is C26H36N2O. The lowest BCUT2D eigenvalue weighted by Gasteiger charge is -2.24. The van der Waals surface area contributed by atoms with Gasteiger partial charge in [0.1, 0.15) is 5.75 Å². The molecule has 3 heteroatoms. The molecule has 0 N–H and O–H groups in total. The number of rotatable bonds is 11. The van der Waals surface area contributed by atoms with Crippen molar-refractivity contribution in [2.45, 2.75) is 65.4 Å². The summed E-state index contributed by atoms with van der Waals surface area (Å²) < 4.78 is 6.16. The molecule has 2 unspecified atom stereocenters. The van der Waals surface area contributed by atoms with Gasteiger partial charge in [-0.25, -0.2) is 0 Å². The molecule has 2 aromatic carbocycles. The number of aryl methyl sites for hydroxylation is 2. The fourth-order valence-corrected chi connectivity index (χ4v) is 3.66. The number of nitrogens with zero attached hydrogens (tertiary/aromatic N) is 2. The number of hydrogen-bond acceptors (Lipinski definition) is 3. The van der Waals surface area contributed by atoms with E-state index in [9.17, 15) is 0 Å². The van der Waals surface area contributed by atoms with Crippen molar-refractivity contribution >= 4 is 0 Å². The first-order valence-corrected chi connectivity index (χ1v) is 10.9. The minimum absolute atomic E-state index is 0.253. The smallest absolute Gasteiger partial charge is 0.119 e. The number of ether oxygens (including phenoxy) is 1. The molecule has 0 aliphatic heterocycles. The molecule has 0 fully saturated rings. The molecule has 0 spiro atoms. The first kappa shape index (κ1) is 23.0. The zero-order valence-corrected chi connectivity index (χ0v) is 18.7. The minimum atomic E-state index is 0.253. The van der Waals surface area contributed by atoms with Crippen LogP contribution in [0.15, 0.2) is 42.5 Å². The van der Waals surface area contributed by atoms with Crippen LogP contribution in [0.3, 0.4) is 0 Å². The van der Waals surface area contributed by atoms with Crippen LogP contribution < -0.4 is 4.74 Å². The highest BCUT2D eigenvalue weighted by Crippen LogP contribution is 2.25. The van der Waals surface area contributed by atoms with E-state index in [0.29, 0.717) is 5.92 Å². The quantitative estimate of drug-likeness (QED) is 0.463. The molecule has 156 valence electrons. The molecule has 2 rings (SSSR count). The Labute approximate surface area is 177 Å². The predicted octanol–water partition coefficient (Wildman–Crippen LogP) is 6.10. The monoisotopic (exact) mass is 392 g/mol. The largest absolute Gasteiger partial charge is 0.490 e. The van der Waals surface area contributed by atoms with Gasteiger partial charge in [0.2, 0.25) is 0 Å². The second-order valence-electron chi connectivity index (χ2n) is 8.12. The SMILES string of the molecule is CCc1cc(C#N)ccc1C(C)CCN(C)CCC(CC)Oc1ccc(C)cc1. The Balaban J connectivity index is 1.81. The summed E-state index contributed by atoms with van der Waals surface area (Å²) in [7, 11) is 2.20. The van der Waals surface area contributed by atoms with E-state index >= 15 is 0 Å². The summed E-state index contributed by atoms with van der Waals surface area (Å²) >= 11 is 0. The van der Waals surface area contributed by atoms with Crippen molar-refractivity contribution in [3.63, 3.8) is 0 Å². The number of benzene rings is 2. The Kier molecular flexibility index (Phi) is 9.22. The lowest BCUT2D eigenvalue weighted by Crippen LogP contribution is -2.27. The molecule has 0 amide bonds. The Hall–Kier alpha value is -2.31. The van der Waals surface area contributed by atoms with Crippen molar-refractivity contribution in [2.24, 2.45) is 0 Å². The fraction of sp³-hybridized carbons (Fsp3) is 0.500. The minimum Gasteiger partial charge on any atom is -0.490 e. The fourth-order valence-electron chi connectivity index (χ4n) is 3.66. The molecule has 0 radical (unpaired) electrons. The molecule has 3 nitrogen and oxygen atoms in total. The van der Waals surface area contributed by atoms with Crippen molar-refractivity contribution in [1.82, 2.24) is 4.90 Å². The van der Waals surface area contributed by atoms with Gasteiger partial charge in [0.15, 0.2) is 0 Å². The Morgan fingerprint density at radius 1 is 1.03 bits per heavy atom. The average Bonchev–Trinajstić information content (AvgIpc) is 2.75. The highest BCUT2D eigenvalue weighted by Gasteiger charge is 2.13. The second-order valence-corrected chi connectivity index (χ2v) is 8.12. The lowest BCUT2D eigenvalue weighted by molar-refractivity contribution is 0.165. The third-order valence-electron chi connectivity index (χ3n) is 5.74. The van der Waals surface area contributed by atoms with Crippen LogP contribution in [0.4, 0.5) is 0 Å². The van der Waals surface area contributed by atoms with Gasteiger partial charge in [0.25, 0.3) is 0 Å². The van der Waals surface area contributed by atoms with E-state index < -0.39 is 0 Å². The van der Waals surface area contributed by atoms with Gasteiger partial charge >= 0.3 is 0 Å². The third-order valence-corrected chi connectivity index (χ3v) is 5.74. The topological polar surface area (TPSA) is 36.3 Å². The van der Waals surface area contributed by atoms with Crippen LogP contribution in [0.2, 0.25) is 0 Å². The lowest BCUT2D eigenvalue weighted by atomic mass is 9.90. The summed E-state index contributed by atoms with van der Waals surface area (Å²) in [6.45, 7) is 10.8. The molecule has 2 atom stereocenters. The van der Waals surface area contributed by atoms with Crippen LogP contribution in [-0.4, -0.2) is 31.1 Å². The van der Waals surface area contributed by atoms with Crippen molar-refractivity contribution in [2.75, 3.05) is 20.1 Å². The van der Waals surface area contributed by atoms with E-state index in [0.717, 1.165) is 50.1 Å². The molecule has 0 aliphatic rings. The van der Waals surface area contributed by atoms with Crippen LogP contribution in [0.25, 0.3) is 0 Å². The Morgan fingerprint density at radius 2 is 1.72 bits per heavy atom. The van der Waals surface area contributed by atoms with Gasteiger partial charge in [0, 0.05) is 6.54 Å². The molecule has 0 aromatic heterocycles. The van der Waals surface area contributed by atoms with Crippen molar-refractivity contribution in [1.29, 1.82) is 5.26 Å². The number of hydrogen-bond donors (Lipinski definition) is 0. The zero-order chi connectivity index (χ0) is 21.2. The van der Waals surface area contributed by atoms with Crippen LogP contribution in [0.1, 0.15) is 68.2 Å². The van der Waals surface area contributed by atoms with E-state index in [1.54, 1.807) is 0 Å². The van der Waals surface area contributed by atoms with Gasteiger partial charge in [-0.1, -0.05) is 44.5 Å². The highest BCUT2D eigenvalue weighted by atomic mass is 16.5. The normalized spacial score (nSPS) is 13.1. The maximum absolute atomic E-state index is 9.13.